The number of hydrogen-bond acceptors (Lipinski definition) is 5. The Kier molecular flexibility index (Phi) is 4.68. The molecule has 1 aliphatic rings. The molecule has 0 unspecified atom stereocenters. The third-order valence-electron chi connectivity index (χ3n) is 3.30. The Morgan fingerprint density at radius 2 is 1.96 bits per heavy atom. The van der Waals surface area contributed by atoms with Gasteiger partial charge in [0.2, 0.25) is 10.0 Å². The molecule has 1 heterocycles. The van der Waals surface area contributed by atoms with Crippen molar-refractivity contribution in [1.82, 2.24) is 4.72 Å². The number of para-hydroxylation sites is 1. The van der Waals surface area contributed by atoms with Gasteiger partial charge in [0, 0.05) is 6.54 Å². The van der Waals surface area contributed by atoms with Crippen molar-refractivity contribution in [3.63, 3.8) is 0 Å². The van der Waals surface area contributed by atoms with Crippen LogP contribution in [0.3, 0.4) is 0 Å². The Bertz CT molecular complexity index is 837. The fourth-order valence-electron chi connectivity index (χ4n) is 2.17. The summed E-state index contributed by atoms with van der Waals surface area (Å²) in [5.41, 5.74) is 0.342. The number of carbonyl (C=O) groups is 1. The number of benzene rings is 2. The summed E-state index contributed by atoms with van der Waals surface area (Å²) in [5, 5.41) is 2.58. The van der Waals surface area contributed by atoms with Crippen LogP contribution in [0, 0.1) is 0 Å². The Balaban J connectivity index is 1.61. The molecule has 0 aromatic heterocycles. The first-order chi connectivity index (χ1) is 11.5. The summed E-state index contributed by atoms with van der Waals surface area (Å²) in [4.78, 5) is 11.4. The second kappa shape index (κ2) is 6.90. The third kappa shape index (κ3) is 3.84. The maximum atomic E-state index is 12.3. The van der Waals surface area contributed by atoms with Gasteiger partial charge in [0.25, 0.3) is 5.91 Å². The van der Waals surface area contributed by atoms with Gasteiger partial charge in [-0.25, -0.2) is 13.1 Å². The number of ether oxygens (including phenoxy) is 2. The number of nitrogens with one attached hydrogen (secondary N) is 2. The van der Waals surface area contributed by atoms with Crippen LogP contribution < -0.4 is 19.5 Å². The van der Waals surface area contributed by atoms with E-state index < -0.39 is 10.0 Å². The molecule has 8 heteroatoms. The molecule has 7 nitrogen and oxygen atoms in total. The van der Waals surface area contributed by atoms with E-state index in [0.717, 1.165) is 0 Å². The molecular weight excluding hydrogens is 332 g/mol. The minimum Gasteiger partial charge on any atom is -0.492 e. The van der Waals surface area contributed by atoms with Gasteiger partial charge in [0.05, 0.1) is 10.6 Å². The van der Waals surface area contributed by atoms with Crippen LogP contribution in [-0.2, 0) is 14.8 Å². The number of rotatable bonds is 6. The van der Waals surface area contributed by atoms with Gasteiger partial charge in [-0.1, -0.05) is 18.2 Å². The van der Waals surface area contributed by atoms with E-state index >= 15 is 0 Å². The van der Waals surface area contributed by atoms with Crippen molar-refractivity contribution < 1.29 is 22.7 Å². The molecule has 0 aliphatic carbocycles. The lowest BCUT2D eigenvalue weighted by molar-refractivity contribution is -0.118. The first kappa shape index (κ1) is 16.3. The quantitative estimate of drug-likeness (QED) is 0.769. The molecule has 0 bridgehead atoms. The first-order valence-corrected chi connectivity index (χ1v) is 8.77. The van der Waals surface area contributed by atoms with E-state index in [1.54, 1.807) is 12.1 Å². The predicted octanol–water partition coefficient (Wildman–Crippen LogP) is 1.37. The standard InChI is InChI=1S/C16H16N2O5S/c19-16-11-23-15-7-6-13(10-14(15)18-16)24(20,21)17-8-9-22-12-4-2-1-3-5-12/h1-7,10,17H,8-9,11H2,(H,18,19). The lowest BCUT2D eigenvalue weighted by Gasteiger charge is -2.18. The molecule has 2 N–H and O–H groups in total. The van der Waals surface area contributed by atoms with Gasteiger partial charge >= 0.3 is 0 Å². The van der Waals surface area contributed by atoms with Crippen LogP contribution in [0.5, 0.6) is 11.5 Å². The molecule has 0 fully saturated rings. The summed E-state index contributed by atoms with van der Waals surface area (Å²) >= 11 is 0. The summed E-state index contributed by atoms with van der Waals surface area (Å²) in [6, 6.07) is 13.4. The van der Waals surface area contributed by atoms with Crippen molar-refractivity contribution in [3.05, 3.63) is 48.5 Å². The van der Waals surface area contributed by atoms with Crippen molar-refractivity contribution in [3.8, 4) is 11.5 Å². The van der Waals surface area contributed by atoms with Crippen LogP contribution in [-0.4, -0.2) is 34.1 Å². The van der Waals surface area contributed by atoms with Crippen LogP contribution in [0.2, 0.25) is 0 Å². The van der Waals surface area contributed by atoms with Gasteiger partial charge in [-0.3, -0.25) is 4.79 Å². The monoisotopic (exact) mass is 348 g/mol. The molecule has 2 aromatic rings. The van der Waals surface area contributed by atoms with Crippen molar-refractivity contribution >= 4 is 21.6 Å². The number of amides is 1. The Hall–Kier alpha value is -2.58. The summed E-state index contributed by atoms with van der Waals surface area (Å²) in [6.45, 7) is 0.249. The molecular formula is C16H16N2O5S. The molecule has 1 amide bonds. The molecule has 0 saturated carbocycles. The number of anilines is 1. The van der Waals surface area contributed by atoms with E-state index in [0.29, 0.717) is 17.2 Å². The number of fused-ring (bicyclic) bond motifs is 1. The van der Waals surface area contributed by atoms with Gasteiger partial charge in [-0.15, -0.1) is 0 Å². The van der Waals surface area contributed by atoms with E-state index in [1.807, 2.05) is 18.2 Å². The first-order valence-electron chi connectivity index (χ1n) is 7.29. The molecule has 24 heavy (non-hydrogen) atoms. The van der Waals surface area contributed by atoms with Crippen molar-refractivity contribution in [2.75, 3.05) is 25.1 Å². The highest BCUT2D eigenvalue weighted by atomic mass is 32.2. The number of carbonyl (C=O) groups excluding carboxylic acids is 1. The van der Waals surface area contributed by atoms with Crippen LogP contribution in [0.4, 0.5) is 5.69 Å². The topological polar surface area (TPSA) is 93.7 Å². The highest BCUT2D eigenvalue weighted by Crippen LogP contribution is 2.29. The fourth-order valence-corrected chi connectivity index (χ4v) is 3.21. The normalized spacial score (nSPS) is 13.6. The highest BCUT2D eigenvalue weighted by molar-refractivity contribution is 7.89. The molecule has 0 spiro atoms. The second-order valence-corrected chi connectivity index (χ2v) is 6.82. The summed E-state index contributed by atoms with van der Waals surface area (Å²) in [7, 11) is -3.70. The van der Waals surface area contributed by atoms with Gasteiger partial charge in [-0.05, 0) is 30.3 Å². The lowest BCUT2D eigenvalue weighted by atomic mass is 10.2. The van der Waals surface area contributed by atoms with Crippen molar-refractivity contribution in [1.29, 1.82) is 0 Å². The SMILES string of the molecule is O=C1COc2ccc(S(=O)(=O)NCCOc3ccccc3)cc2N1. The van der Waals surface area contributed by atoms with Gasteiger partial charge < -0.3 is 14.8 Å². The third-order valence-corrected chi connectivity index (χ3v) is 4.76. The lowest BCUT2D eigenvalue weighted by Crippen LogP contribution is -2.29. The smallest absolute Gasteiger partial charge is 0.262 e. The van der Waals surface area contributed by atoms with Crippen molar-refractivity contribution in [2.24, 2.45) is 0 Å². The predicted molar refractivity (Wildman–Crippen MR) is 87.7 cm³/mol. The molecule has 3 rings (SSSR count). The Morgan fingerprint density at radius 3 is 2.75 bits per heavy atom. The summed E-state index contributed by atoms with van der Waals surface area (Å²) in [6.07, 6.45) is 0. The maximum absolute atomic E-state index is 12.3. The zero-order chi connectivity index (χ0) is 17.0. The Labute approximate surface area is 139 Å². The van der Waals surface area contributed by atoms with E-state index in [-0.39, 0.29) is 30.6 Å². The molecule has 0 atom stereocenters. The molecule has 0 radical (unpaired) electrons. The Morgan fingerprint density at radius 1 is 1.17 bits per heavy atom. The van der Waals surface area contributed by atoms with Crippen LogP contribution in [0.25, 0.3) is 0 Å². The highest BCUT2D eigenvalue weighted by Gasteiger charge is 2.20. The summed E-state index contributed by atoms with van der Waals surface area (Å²) in [5.74, 6) is 0.799. The second-order valence-electron chi connectivity index (χ2n) is 5.05. The average Bonchev–Trinajstić information content (AvgIpc) is 2.59. The number of hydrogen-bond donors (Lipinski definition) is 2. The van der Waals surface area contributed by atoms with E-state index in [4.69, 9.17) is 9.47 Å². The zero-order valence-corrected chi connectivity index (χ0v) is 13.5. The summed E-state index contributed by atoms with van der Waals surface area (Å²) < 4.78 is 37.7. The van der Waals surface area contributed by atoms with E-state index in [9.17, 15) is 13.2 Å². The molecule has 1 aliphatic heterocycles. The minimum absolute atomic E-state index is 0.0479. The van der Waals surface area contributed by atoms with Crippen LogP contribution in [0.1, 0.15) is 0 Å². The maximum Gasteiger partial charge on any atom is 0.262 e. The molecule has 126 valence electrons. The fraction of sp³-hybridized carbons (Fsp3) is 0.188. The van der Waals surface area contributed by atoms with Gasteiger partial charge in [-0.2, -0.15) is 0 Å². The molecule has 0 saturated heterocycles. The van der Waals surface area contributed by atoms with Gasteiger partial charge in [0.15, 0.2) is 6.61 Å². The van der Waals surface area contributed by atoms with Crippen LogP contribution in [0.15, 0.2) is 53.4 Å². The van der Waals surface area contributed by atoms with Gasteiger partial charge in [0.1, 0.15) is 18.1 Å². The minimum atomic E-state index is -3.70. The van der Waals surface area contributed by atoms with E-state index in [1.165, 1.54) is 18.2 Å². The van der Waals surface area contributed by atoms with E-state index in [2.05, 4.69) is 10.0 Å². The van der Waals surface area contributed by atoms with Crippen LogP contribution >= 0.6 is 0 Å². The number of sulfonamides is 1. The van der Waals surface area contributed by atoms with Crippen molar-refractivity contribution in [2.45, 2.75) is 4.90 Å². The zero-order valence-electron chi connectivity index (χ0n) is 12.7. The average molecular weight is 348 g/mol. The molecule has 2 aromatic carbocycles. The largest absolute Gasteiger partial charge is 0.492 e.